The van der Waals surface area contributed by atoms with Crippen LogP contribution in [0.15, 0.2) is 41.4 Å². The first-order valence-corrected chi connectivity index (χ1v) is 13.7. The number of aliphatic hydroxyl groups is 1. The molecule has 2 heterocycles. The first-order chi connectivity index (χ1) is 18.0. The van der Waals surface area contributed by atoms with Crippen LogP contribution in [0.1, 0.15) is 29.8 Å². The summed E-state index contributed by atoms with van der Waals surface area (Å²) in [7, 11) is 2.93. The highest BCUT2D eigenvalue weighted by molar-refractivity contribution is 7.89. The van der Waals surface area contributed by atoms with Crippen LogP contribution in [0.2, 0.25) is 0 Å². The number of amides is 1. The minimum Gasteiger partial charge on any atom is -0.497 e. The zero-order chi connectivity index (χ0) is 28.0. The van der Waals surface area contributed by atoms with Crippen LogP contribution in [0.4, 0.5) is 0 Å². The van der Waals surface area contributed by atoms with E-state index in [4.69, 9.17) is 9.47 Å². The summed E-state index contributed by atoms with van der Waals surface area (Å²) in [5.41, 5.74) is 0.777. The highest BCUT2D eigenvalue weighted by atomic mass is 32.2. The van der Waals surface area contributed by atoms with Crippen LogP contribution < -0.4 is 9.47 Å². The number of aliphatic hydroxyl groups excluding tert-OH is 1. The van der Waals surface area contributed by atoms with Crippen LogP contribution in [-0.2, 0) is 10.0 Å². The second-order valence-corrected chi connectivity index (χ2v) is 11.7. The Hall–Kier alpha value is -3.17. The van der Waals surface area contributed by atoms with Crippen LogP contribution >= 0.6 is 0 Å². The second-order valence-electron chi connectivity index (χ2n) is 9.70. The number of rotatable bonds is 8. The summed E-state index contributed by atoms with van der Waals surface area (Å²) in [6, 6.07) is 7.44. The molecule has 1 aromatic heterocycles. The van der Waals surface area contributed by atoms with Crippen LogP contribution in [0.25, 0.3) is 0 Å². The molecule has 38 heavy (non-hydrogen) atoms. The Balaban J connectivity index is 1.97. The number of benzene rings is 1. The molecule has 1 aliphatic heterocycles. The van der Waals surface area contributed by atoms with E-state index >= 15 is 0 Å². The maximum atomic E-state index is 13.5. The van der Waals surface area contributed by atoms with E-state index in [1.165, 1.54) is 36.8 Å². The van der Waals surface area contributed by atoms with Crippen molar-refractivity contribution in [2.24, 2.45) is 5.92 Å². The molecule has 0 radical (unpaired) electrons. The van der Waals surface area contributed by atoms with E-state index in [2.05, 4.69) is 16.8 Å². The highest BCUT2D eigenvalue weighted by Crippen LogP contribution is 2.28. The number of aromatic nitrogens is 1. The molecule has 0 aliphatic carbocycles. The van der Waals surface area contributed by atoms with E-state index in [0.717, 1.165) is 0 Å². The van der Waals surface area contributed by atoms with Crippen molar-refractivity contribution in [3.8, 4) is 23.5 Å². The molecule has 1 aromatic carbocycles. The zero-order valence-electron chi connectivity index (χ0n) is 22.7. The van der Waals surface area contributed by atoms with Crippen molar-refractivity contribution < 1.29 is 27.8 Å². The Labute approximate surface area is 225 Å². The number of fused-ring (bicyclic) bond motifs is 1. The number of nitrogens with zero attached hydrogens (tertiary/aromatic N) is 4. The SMILES string of the molecule is COc1cccc(S(=O)(=O)N(C)C[C@@H]2Oc3ncc(C#CCN(C)C)cc3C(=O)N([C@H](C)CO)C[C@@H]2C)c1. The molecule has 0 unspecified atom stereocenters. The summed E-state index contributed by atoms with van der Waals surface area (Å²) in [6.07, 6.45) is 0.910. The monoisotopic (exact) mass is 544 g/mol. The highest BCUT2D eigenvalue weighted by Gasteiger charge is 2.36. The van der Waals surface area contributed by atoms with Gasteiger partial charge in [-0.3, -0.25) is 9.69 Å². The predicted molar refractivity (Wildman–Crippen MR) is 144 cm³/mol. The first-order valence-electron chi connectivity index (χ1n) is 12.3. The molecule has 3 atom stereocenters. The van der Waals surface area contributed by atoms with Gasteiger partial charge in [-0.25, -0.2) is 13.4 Å². The molecular weight excluding hydrogens is 508 g/mol. The van der Waals surface area contributed by atoms with Crippen molar-refractivity contribution in [1.29, 1.82) is 0 Å². The fourth-order valence-electron chi connectivity index (χ4n) is 3.98. The van der Waals surface area contributed by atoms with Crippen LogP contribution in [-0.4, -0.2) is 105 Å². The summed E-state index contributed by atoms with van der Waals surface area (Å²) in [4.78, 5) is 21.5. The third kappa shape index (κ3) is 6.82. The normalized spacial score (nSPS) is 18.7. The Morgan fingerprint density at radius 3 is 2.68 bits per heavy atom. The van der Waals surface area contributed by atoms with Gasteiger partial charge in [-0.2, -0.15) is 4.31 Å². The van der Waals surface area contributed by atoms with Crippen LogP contribution in [0.5, 0.6) is 11.6 Å². The predicted octanol–water partition coefficient (Wildman–Crippen LogP) is 1.54. The van der Waals surface area contributed by atoms with Gasteiger partial charge in [-0.1, -0.05) is 24.8 Å². The number of carbonyl (C=O) groups is 1. The van der Waals surface area contributed by atoms with Crippen molar-refractivity contribution >= 4 is 15.9 Å². The number of ether oxygens (including phenoxy) is 2. The molecule has 2 aromatic rings. The van der Waals surface area contributed by atoms with Crippen molar-refractivity contribution in [3.63, 3.8) is 0 Å². The molecule has 1 amide bonds. The second kappa shape index (κ2) is 12.6. The van der Waals surface area contributed by atoms with Gasteiger partial charge < -0.3 is 19.5 Å². The molecule has 0 fully saturated rings. The topological polar surface area (TPSA) is 113 Å². The number of carbonyl (C=O) groups excluding carboxylic acids is 1. The standard InChI is InChI=1S/C27H36N4O6S/c1-19-16-31(20(2)18-32)27(33)24-13-21(9-8-12-29(3)4)15-28-26(24)37-25(19)17-30(5)38(34,35)23-11-7-10-22(14-23)36-6/h7,10-11,13-15,19-20,25,32H,12,16-18H2,1-6H3/t19-,20+,25-/m0/s1. The largest absolute Gasteiger partial charge is 0.497 e. The fourth-order valence-corrected chi connectivity index (χ4v) is 5.20. The minimum absolute atomic E-state index is 0.0156. The molecule has 3 rings (SSSR count). The lowest BCUT2D eigenvalue weighted by Gasteiger charge is -2.37. The van der Waals surface area contributed by atoms with Gasteiger partial charge in [0, 0.05) is 37.3 Å². The smallest absolute Gasteiger partial charge is 0.259 e. The van der Waals surface area contributed by atoms with Crippen molar-refractivity contribution in [2.45, 2.75) is 30.9 Å². The lowest BCUT2D eigenvalue weighted by molar-refractivity contribution is 0.0373. The van der Waals surface area contributed by atoms with Crippen LogP contribution in [0.3, 0.4) is 0 Å². The number of pyridine rings is 1. The third-order valence-corrected chi connectivity index (χ3v) is 8.15. The molecule has 0 spiro atoms. The van der Waals surface area contributed by atoms with Gasteiger partial charge in [-0.15, -0.1) is 0 Å². The molecular formula is C27H36N4O6S. The number of methoxy groups -OCH3 is 1. The minimum atomic E-state index is -3.85. The lowest BCUT2D eigenvalue weighted by Crippen LogP contribution is -2.50. The lowest BCUT2D eigenvalue weighted by atomic mass is 10.0. The molecule has 206 valence electrons. The quantitative estimate of drug-likeness (QED) is 0.498. The Bertz CT molecular complexity index is 1300. The van der Waals surface area contributed by atoms with E-state index in [1.54, 1.807) is 30.0 Å². The summed E-state index contributed by atoms with van der Waals surface area (Å²) < 4.78 is 39.3. The van der Waals surface area contributed by atoms with Crippen molar-refractivity contribution in [3.05, 3.63) is 47.7 Å². The van der Waals surface area contributed by atoms with Crippen molar-refractivity contribution in [2.75, 3.05) is 54.5 Å². The molecule has 0 saturated carbocycles. The molecule has 0 saturated heterocycles. The van der Waals surface area contributed by atoms with Gasteiger partial charge in [0.2, 0.25) is 15.9 Å². The average molecular weight is 545 g/mol. The zero-order valence-corrected chi connectivity index (χ0v) is 23.5. The Morgan fingerprint density at radius 2 is 2.03 bits per heavy atom. The first kappa shape index (κ1) is 29.4. The van der Waals surface area contributed by atoms with E-state index in [1.807, 2.05) is 25.9 Å². The van der Waals surface area contributed by atoms with E-state index in [-0.39, 0.29) is 47.9 Å². The number of hydrogen-bond donors (Lipinski definition) is 1. The van der Waals surface area contributed by atoms with Gasteiger partial charge in [0.15, 0.2) is 0 Å². The number of likely N-dealkylation sites (N-methyl/N-ethyl adjacent to an activating group) is 1. The maximum absolute atomic E-state index is 13.5. The van der Waals surface area contributed by atoms with Gasteiger partial charge in [0.25, 0.3) is 5.91 Å². The Morgan fingerprint density at radius 1 is 1.29 bits per heavy atom. The maximum Gasteiger partial charge on any atom is 0.259 e. The summed E-state index contributed by atoms with van der Waals surface area (Å²) in [6.45, 7) is 4.24. The molecule has 1 aliphatic rings. The summed E-state index contributed by atoms with van der Waals surface area (Å²) in [5, 5.41) is 9.85. The summed E-state index contributed by atoms with van der Waals surface area (Å²) in [5.74, 6) is 5.98. The van der Waals surface area contributed by atoms with E-state index < -0.39 is 22.2 Å². The third-order valence-electron chi connectivity index (χ3n) is 6.34. The fraction of sp³-hybridized carbons (Fsp3) is 0.481. The number of hydrogen-bond acceptors (Lipinski definition) is 8. The Kier molecular flexibility index (Phi) is 9.73. The summed E-state index contributed by atoms with van der Waals surface area (Å²) >= 11 is 0. The van der Waals surface area contributed by atoms with E-state index in [0.29, 0.717) is 17.9 Å². The molecule has 1 N–H and O–H groups in total. The van der Waals surface area contributed by atoms with Gasteiger partial charge in [-0.05, 0) is 39.2 Å². The molecule has 0 bridgehead atoms. The van der Waals surface area contributed by atoms with Crippen molar-refractivity contribution in [1.82, 2.24) is 19.1 Å². The average Bonchev–Trinajstić information content (AvgIpc) is 2.90. The van der Waals surface area contributed by atoms with Gasteiger partial charge >= 0.3 is 0 Å². The van der Waals surface area contributed by atoms with Gasteiger partial charge in [0.1, 0.15) is 17.4 Å². The molecule has 11 heteroatoms. The van der Waals surface area contributed by atoms with E-state index in [9.17, 15) is 18.3 Å². The number of sulfonamides is 1. The van der Waals surface area contributed by atoms with Gasteiger partial charge in [0.05, 0.1) is 37.7 Å². The van der Waals surface area contributed by atoms with Crippen LogP contribution in [0, 0.1) is 17.8 Å². The molecule has 10 nitrogen and oxygen atoms in total.